The molecular formula is C20H19Cl2NO4. The number of para-hydroxylation sites is 1. The molecule has 0 fully saturated rings. The van der Waals surface area contributed by atoms with E-state index >= 15 is 0 Å². The second-order valence-corrected chi connectivity index (χ2v) is 7.35. The van der Waals surface area contributed by atoms with E-state index in [-0.39, 0.29) is 41.0 Å². The second kappa shape index (κ2) is 7.50. The monoisotopic (exact) mass is 407 g/mol. The normalized spacial score (nSPS) is 18.6. The van der Waals surface area contributed by atoms with Crippen LogP contribution in [0.1, 0.15) is 24.5 Å². The van der Waals surface area contributed by atoms with E-state index in [9.17, 15) is 14.7 Å². The smallest absolute Gasteiger partial charge is 0.264 e. The second-order valence-electron chi connectivity index (χ2n) is 6.57. The molecule has 0 radical (unpaired) electrons. The molecule has 1 aliphatic rings. The first-order valence-electron chi connectivity index (χ1n) is 8.46. The molecule has 0 spiro atoms. The van der Waals surface area contributed by atoms with E-state index in [4.69, 9.17) is 27.9 Å². The number of aliphatic hydroxyl groups is 1. The van der Waals surface area contributed by atoms with Crippen LogP contribution in [0.4, 0.5) is 5.69 Å². The zero-order valence-electron chi connectivity index (χ0n) is 15.0. The number of Topliss-reactive ketones (excluding diaryl/α,β-unsaturated/α-hetero) is 1. The van der Waals surface area contributed by atoms with Gasteiger partial charge in [0.05, 0.1) is 22.3 Å². The first-order valence-corrected chi connectivity index (χ1v) is 9.22. The molecule has 1 unspecified atom stereocenters. The van der Waals surface area contributed by atoms with Gasteiger partial charge in [-0.25, -0.2) is 0 Å². The number of hydrogen-bond acceptors (Lipinski definition) is 4. The van der Waals surface area contributed by atoms with Crippen LogP contribution in [0, 0.1) is 6.92 Å². The Kier molecular flexibility index (Phi) is 5.47. The predicted octanol–water partition coefficient (Wildman–Crippen LogP) is 3.89. The van der Waals surface area contributed by atoms with Gasteiger partial charge in [-0.3, -0.25) is 9.59 Å². The lowest BCUT2D eigenvalue weighted by Gasteiger charge is -2.22. The number of amides is 1. The Labute approximate surface area is 167 Å². The molecule has 0 aromatic heterocycles. The van der Waals surface area contributed by atoms with Gasteiger partial charge in [0.25, 0.3) is 5.91 Å². The number of nitrogens with zero attached hydrogens (tertiary/aromatic N) is 1. The van der Waals surface area contributed by atoms with Crippen LogP contribution in [0.5, 0.6) is 5.75 Å². The fourth-order valence-corrected chi connectivity index (χ4v) is 3.71. The van der Waals surface area contributed by atoms with E-state index in [1.165, 1.54) is 24.0 Å². The number of benzene rings is 2. The Morgan fingerprint density at radius 2 is 1.93 bits per heavy atom. The molecule has 1 N–H and O–H groups in total. The Balaban J connectivity index is 1.90. The van der Waals surface area contributed by atoms with Gasteiger partial charge in [-0.05, 0) is 31.5 Å². The summed E-state index contributed by atoms with van der Waals surface area (Å²) >= 11 is 12.4. The van der Waals surface area contributed by atoms with Crippen LogP contribution in [-0.4, -0.2) is 29.9 Å². The number of carbonyl (C=O) groups is 2. The van der Waals surface area contributed by atoms with Crippen molar-refractivity contribution in [2.45, 2.75) is 25.9 Å². The molecule has 1 heterocycles. The molecule has 0 aliphatic carbocycles. The first kappa shape index (κ1) is 19.7. The quantitative estimate of drug-likeness (QED) is 0.788. The van der Waals surface area contributed by atoms with E-state index < -0.39 is 11.5 Å². The number of anilines is 1. The summed E-state index contributed by atoms with van der Waals surface area (Å²) in [6, 6.07) is 10.6. The van der Waals surface area contributed by atoms with E-state index in [2.05, 4.69) is 0 Å². The molecule has 3 rings (SSSR count). The number of aryl methyl sites for hydroxylation is 1. The van der Waals surface area contributed by atoms with Gasteiger partial charge in [0.15, 0.2) is 5.60 Å². The van der Waals surface area contributed by atoms with Crippen molar-refractivity contribution >= 4 is 40.6 Å². The molecule has 7 heteroatoms. The molecule has 1 amide bonds. The number of rotatable bonds is 6. The van der Waals surface area contributed by atoms with Crippen LogP contribution < -0.4 is 9.64 Å². The van der Waals surface area contributed by atoms with Gasteiger partial charge in [-0.2, -0.15) is 0 Å². The van der Waals surface area contributed by atoms with Gasteiger partial charge in [0.1, 0.15) is 18.1 Å². The highest BCUT2D eigenvalue weighted by molar-refractivity contribution is 6.44. The first-order chi connectivity index (χ1) is 12.8. The maximum atomic E-state index is 13.0. The molecular weight excluding hydrogens is 389 g/mol. The third-order valence-corrected chi connectivity index (χ3v) is 5.35. The molecule has 2 aromatic carbocycles. The summed E-state index contributed by atoms with van der Waals surface area (Å²) in [5.74, 6) is -0.202. The summed E-state index contributed by atoms with van der Waals surface area (Å²) in [4.78, 5) is 25.9. The van der Waals surface area contributed by atoms with Crippen LogP contribution >= 0.6 is 23.2 Å². The van der Waals surface area contributed by atoms with E-state index in [0.717, 1.165) is 5.56 Å². The average molecular weight is 408 g/mol. The van der Waals surface area contributed by atoms with E-state index in [1.54, 1.807) is 0 Å². The highest BCUT2D eigenvalue weighted by atomic mass is 35.5. The van der Waals surface area contributed by atoms with Gasteiger partial charge in [0.2, 0.25) is 0 Å². The van der Waals surface area contributed by atoms with Crippen LogP contribution in [0.25, 0.3) is 0 Å². The lowest BCUT2D eigenvalue weighted by molar-refractivity contribution is -0.141. The Morgan fingerprint density at radius 3 is 2.59 bits per heavy atom. The summed E-state index contributed by atoms with van der Waals surface area (Å²) in [6.07, 6.45) is -0.327. The Hall–Kier alpha value is -2.08. The highest BCUT2D eigenvalue weighted by Crippen LogP contribution is 2.48. The van der Waals surface area contributed by atoms with Crippen LogP contribution in [0.2, 0.25) is 10.0 Å². The van der Waals surface area contributed by atoms with E-state index in [0.29, 0.717) is 11.4 Å². The maximum absolute atomic E-state index is 13.0. The number of carbonyl (C=O) groups excluding carboxylic acids is 2. The van der Waals surface area contributed by atoms with Crippen LogP contribution in [0.15, 0.2) is 36.4 Å². The number of ether oxygens (including phenoxy) is 1. The van der Waals surface area contributed by atoms with Crippen molar-refractivity contribution in [3.05, 3.63) is 57.6 Å². The summed E-state index contributed by atoms with van der Waals surface area (Å²) in [5.41, 5.74) is -0.364. The average Bonchev–Trinajstić information content (AvgIpc) is 2.81. The number of halogens is 2. The minimum Gasteiger partial charge on any atom is -0.491 e. The van der Waals surface area contributed by atoms with Gasteiger partial charge < -0.3 is 14.7 Å². The summed E-state index contributed by atoms with van der Waals surface area (Å²) in [7, 11) is 0. The van der Waals surface area contributed by atoms with Crippen molar-refractivity contribution < 1.29 is 19.4 Å². The van der Waals surface area contributed by atoms with Gasteiger partial charge in [0, 0.05) is 12.0 Å². The van der Waals surface area contributed by atoms with Gasteiger partial charge >= 0.3 is 0 Å². The largest absolute Gasteiger partial charge is 0.491 e. The van der Waals surface area contributed by atoms with Crippen molar-refractivity contribution in [3.8, 4) is 5.75 Å². The lowest BCUT2D eigenvalue weighted by Crippen LogP contribution is -2.43. The zero-order chi connectivity index (χ0) is 19.8. The molecule has 1 aliphatic heterocycles. The minimum atomic E-state index is -1.95. The van der Waals surface area contributed by atoms with Crippen LogP contribution in [0.3, 0.4) is 0 Å². The van der Waals surface area contributed by atoms with E-state index in [1.807, 2.05) is 31.2 Å². The lowest BCUT2D eigenvalue weighted by atomic mass is 9.90. The standard InChI is InChI=1S/C20H19Cl2NO4/c1-12-5-3-4-6-16(12)27-10-9-23-18-14(7-8-15(21)17(18)22)20(26,19(23)25)11-13(2)24/h3-8,26H,9-11H2,1-2H3. The topological polar surface area (TPSA) is 66.8 Å². The summed E-state index contributed by atoms with van der Waals surface area (Å²) in [6.45, 7) is 3.59. The van der Waals surface area contributed by atoms with Crippen molar-refractivity contribution in [2.75, 3.05) is 18.1 Å². The maximum Gasteiger partial charge on any atom is 0.264 e. The molecule has 0 bridgehead atoms. The molecule has 27 heavy (non-hydrogen) atoms. The van der Waals surface area contributed by atoms with Gasteiger partial charge in [-0.15, -0.1) is 0 Å². The molecule has 0 saturated carbocycles. The van der Waals surface area contributed by atoms with Crippen molar-refractivity contribution in [1.29, 1.82) is 0 Å². The Bertz CT molecular complexity index is 915. The molecule has 142 valence electrons. The van der Waals surface area contributed by atoms with Crippen molar-refractivity contribution in [1.82, 2.24) is 0 Å². The third-order valence-electron chi connectivity index (χ3n) is 4.55. The fourth-order valence-electron chi connectivity index (χ4n) is 3.29. The van der Waals surface area contributed by atoms with Gasteiger partial charge in [-0.1, -0.05) is 47.5 Å². The third kappa shape index (κ3) is 3.55. The SMILES string of the molecule is CC(=O)CC1(O)C(=O)N(CCOc2ccccc2C)c2c1ccc(Cl)c2Cl. The predicted molar refractivity (Wildman–Crippen MR) is 105 cm³/mol. The van der Waals surface area contributed by atoms with Crippen molar-refractivity contribution in [3.63, 3.8) is 0 Å². The number of hydrogen-bond donors (Lipinski definition) is 1. The summed E-state index contributed by atoms with van der Waals surface area (Å²) < 4.78 is 5.76. The fraction of sp³-hybridized carbons (Fsp3) is 0.300. The molecule has 0 saturated heterocycles. The Morgan fingerprint density at radius 1 is 1.22 bits per heavy atom. The zero-order valence-corrected chi connectivity index (χ0v) is 16.5. The molecule has 1 atom stereocenters. The van der Waals surface area contributed by atoms with Crippen molar-refractivity contribution in [2.24, 2.45) is 0 Å². The highest BCUT2D eigenvalue weighted by Gasteiger charge is 2.51. The molecule has 2 aromatic rings. The molecule has 5 nitrogen and oxygen atoms in total. The summed E-state index contributed by atoms with van der Waals surface area (Å²) in [5, 5.41) is 11.4. The minimum absolute atomic E-state index is 0.153. The number of ketones is 1. The van der Waals surface area contributed by atoms with Crippen LogP contribution in [-0.2, 0) is 15.2 Å². The number of fused-ring (bicyclic) bond motifs is 1.